The molecule has 0 spiro atoms. The Morgan fingerprint density at radius 3 is 2.50 bits per heavy atom. The molecule has 0 atom stereocenters. The predicted octanol–water partition coefficient (Wildman–Crippen LogP) is -1.08. The summed E-state index contributed by atoms with van der Waals surface area (Å²) in [6.45, 7) is 1.21. The molecule has 0 aliphatic rings. The van der Waals surface area contributed by atoms with Crippen molar-refractivity contribution in [3.8, 4) is 0 Å². The average Bonchev–Trinajstić information content (AvgIpc) is 1.65. The summed E-state index contributed by atoms with van der Waals surface area (Å²) in [4.78, 5) is 10.1. The first-order valence-electron chi connectivity index (χ1n) is 2.26. The Morgan fingerprint density at radius 2 is 2.38 bits per heavy atom. The van der Waals surface area contributed by atoms with Gasteiger partial charge in [0.1, 0.15) is 6.73 Å². The smallest absolute Gasteiger partial charge is 0.231 e. The first-order valence-corrected chi connectivity index (χ1v) is 2.26. The van der Waals surface area contributed by atoms with E-state index in [1.54, 1.807) is 7.05 Å². The quantitative estimate of drug-likeness (QED) is 0.358. The summed E-state index contributed by atoms with van der Waals surface area (Å²) in [6.07, 6.45) is 0. The largest absolute Gasteiger partial charge is 0.379 e. The van der Waals surface area contributed by atoms with Gasteiger partial charge in [0.15, 0.2) is 0 Å². The second kappa shape index (κ2) is 3.40. The van der Waals surface area contributed by atoms with Crippen molar-refractivity contribution in [1.82, 2.24) is 10.4 Å². The molecule has 0 bridgehead atoms. The lowest BCUT2D eigenvalue weighted by atomic mass is 10.7. The van der Waals surface area contributed by atoms with Crippen molar-refractivity contribution >= 4 is 5.91 Å². The van der Waals surface area contributed by atoms with Crippen molar-refractivity contribution in [3.63, 3.8) is 0 Å². The lowest BCUT2D eigenvalue weighted by Crippen LogP contribution is -2.38. The van der Waals surface area contributed by atoms with Gasteiger partial charge < -0.3 is 5.11 Å². The lowest BCUT2D eigenvalue weighted by Gasteiger charge is -2.11. The fraction of sp³-hybridized carbons (Fsp3) is 0.750. The van der Waals surface area contributed by atoms with Crippen molar-refractivity contribution in [3.05, 3.63) is 0 Å². The average molecular weight is 118 g/mol. The Hall–Kier alpha value is -0.610. The Bertz CT molecular complexity index is 84.1. The molecular formula is C4H10N2O2. The van der Waals surface area contributed by atoms with E-state index in [0.717, 1.165) is 0 Å². The summed E-state index contributed by atoms with van der Waals surface area (Å²) in [6, 6.07) is 0. The zero-order chi connectivity index (χ0) is 6.57. The van der Waals surface area contributed by atoms with Gasteiger partial charge in [-0.25, -0.2) is 0 Å². The summed E-state index contributed by atoms with van der Waals surface area (Å²) in [5.41, 5.74) is 2.34. The maximum atomic E-state index is 10.1. The zero-order valence-corrected chi connectivity index (χ0v) is 5.01. The number of rotatable bonds is 2. The van der Waals surface area contributed by atoms with Crippen LogP contribution in [0.5, 0.6) is 0 Å². The van der Waals surface area contributed by atoms with E-state index in [1.165, 1.54) is 11.9 Å². The highest BCUT2D eigenvalue weighted by Gasteiger charge is 1.93. The lowest BCUT2D eigenvalue weighted by molar-refractivity contribution is -0.124. The van der Waals surface area contributed by atoms with Gasteiger partial charge in [0, 0.05) is 14.0 Å². The normalized spacial score (nSPS) is 9.50. The molecule has 0 heterocycles. The second-order valence-electron chi connectivity index (χ2n) is 1.51. The van der Waals surface area contributed by atoms with Gasteiger partial charge in [0.2, 0.25) is 5.91 Å². The summed E-state index contributed by atoms with van der Waals surface area (Å²) in [5, 5.41) is 9.57. The van der Waals surface area contributed by atoms with Crippen LogP contribution in [0.1, 0.15) is 6.92 Å². The van der Waals surface area contributed by atoms with E-state index in [2.05, 4.69) is 5.43 Å². The molecule has 0 radical (unpaired) electrons. The molecule has 2 N–H and O–H groups in total. The van der Waals surface area contributed by atoms with Crippen molar-refractivity contribution < 1.29 is 9.90 Å². The van der Waals surface area contributed by atoms with Crippen LogP contribution < -0.4 is 5.43 Å². The highest BCUT2D eigenvalue weighted by molar-refractivity contribution is 5.72. The van der Waals surface area contributed by atoms with E-state index in [1.807, 2.05) is 0 Å². The predicted molar refractivity (Wildman–Crippen MR) is 28.7 cm³/mol. The monoisotopic (exact) mass is 118 g/mol. The maximum Gasteiger partial charge on any atom is 0.231 e. The number of aliphatic hydroxyl groups excluding tert-OH is 1. The first-order chi connectivity index (χ1) is 3.66. The fourth-order valence-electron chi connectivity index (χ4n) is 0.304. The van der Waals surface area contributed by atoms with Crippen LogP contribution in [0, 0.1) is 0 Å². The van der Waals surface area contributed by atoms with Crippen LogP contribution in [0.3, 0.4) is 0 Å². The topological polar surface area (TPSA) is 52.6 Å². The number of hydrogen-bond acceptors (Lipinski definition) is 3. The summed E-state index contributed by atoms with van der Waals surface area (Å²) < 4.78 is 0. The number of nitrogens with one attached hydrogen (secondary N) is 1. The molecule has 0 saturated carbocycles. The van der Waals surface area contributed by atoms with E-state index >= 15 is 0 Å². The molecule has 0 aliphatic carbocycles. The Kier molecular flexibility index (Phi) is 3.14. The highest BCUT2D eigenvalue weighted by Crippen LogP contribution is 1.67. The SMILES string of the molecule is CC(=O)NN(C)CO. The molecule has 0 saturated heterocycles. The first kappa shape index (κ1) is 7.39. The molecule has 0 rings (SSSR count). The minimum atomic E-state index is -0.179. The second-order valence-corrected chi connectivity index (χ2v) is 1.51. The van der Waals surface area contributed by atoms with Crippen LogP contribution in [0.4, 0.5) is 0 Å². The van der Waals surface area contributed by atoms with Gasteiger partial charge >= 0.3 is 0 Å². The number of hydrazine groups is 1. The van der Waals surface area contributed by atoms with E-state index in [-0.39, 0.29) is 12.6 Å². The van der Waals surface area contributed by atoms with Crippen LogP contribution in [0.25, 0.3) is 0 Å². The van der Waals surface area contributed by atoms with Crippen molar-refractivity contribution in [2.24, 2.45) is 0 Å². The molecular weight excluding hydrogens is 108 g/mol. The van der Waals surface area contributed by atoms with Crippen molar-refractivity contribution in [2.45, 2.75) is 6.92 Å². The number of nitrogens with zero attached hydrogens (tertiary/aromatic N) is 1. The Morgan fingerprint density at radius 1 is 1.88 bits per heavy atom. The molecule has 1 amide bonds. The van der Waals surface area contributed by atoms with Crippen molar-refractivity contribution in [2.75, 3.05) is 13.8 Å². The van der Waals surface area contributed by atoms with Crippen LogP contribution in [0.15, 0.2) is 0 Å². The number of amides is 1. The third kappa shape index (κ3) is 3.58. The summed E-state index contributed by atoms with van der Waals surface area (Å²) >= 11 is 0. The van der Waals surface area contributed by atoms with Crippen molar-refractivity contribution in [1.29, 1.82) is 0 Å². The van der Waals surface area contributed by atoms with Crippen LogP contribution in [-0.2, 0) is 4.79 Å². The minimum absolute atomic E-state index is 0.167. The van der Waals surface area contributed by atoms with E-state index in [0.29, 0.717) is 0 Å². The van der Waals surface area contributed by atoms with Gasteiger partial charge in [0.25, 0.3) is 0 Å². The molecule has 0 aromatic heterocycles. The molecule has 8 heavy (non-hydrogen) atoms. The number of aliphatic hydroxyl groups is 1. The van der Waals surface area contributed by atoms with Crippen LogP contribution in [0.2, 0.25) is 0 Å². The molecule has 4 nitrogen and oxygen atoms in total. The van der Waals surface area contributed by atoms with Gasteiger partial charge in [-0.05, 0) is 0 Å². The molecule has 0 fully saturated rings. The van der Waals surface area contributed by atoms with Gasteiger partial charge in [0.05, 0.1) is 0 Å². The number of carbonyl (C=O) groups is 1. The van der Waals surface area contributed by atoms with Crippen LogP contribution >= 0.6 is 0 Å². The molecule has 4 heteroatoms. The molecule has 0 aromatic rings. The van der Waals surface area contributed by atoms with Gasteiger partial charge in [-0.15, -0.1) is 0 Å². The van der Waals surface area contributed by atoms with E-state index in [9.17, 15) is 4.79 Å². The molecule has 0 aliphatic heterocycles. The Labute approximate surface area is 48.1 Å². The van der Waals surface area contributed by atoms with Crippen LogP contribution in [-0.4, -0.2) is 29.8 Å². The third-order valence-electron chi connectivity index (χ3n) is 0.560. The number of hydrogen-bond donors (Lipinski definition) is 2. The van der Waals surface area contributed by atoms with Gasteiger partial charge in [-0.1, -0.05) is 0 Å². The van der Waals surface area contributed by atoms with Gasteiger partial charge in [-0.3, -0.25) is 10.2 Å². The van der Waals surface area contributed by atoms with Gasteiger partial charge in [-0.2, -0.15) is 5.01 Å². The van der Waals surface area contributed by atoms with E-state index in [4.69, 9.17) is 5.11 Å². The highest BCUT2D eigenvalue weighted by atomic mass is 16.3. The number of carbonyl (C=O) groups excluding carboxylic acids is 1. The standard InChI is InChI=1S/C4H10N2O2/c1-4(8)5-6(2)3-7/h7H,3H2,1-2H3,(H,5,8). The van der Waals surface area contributed by atoms with E-state index < -0.39 is 0 Å². The minimum Gasteiger partial charge on any atom is -0.379 e. The third-order valence-corrected chi connectivity index (χ3v) is 0.560. The molecule has 0 aromatic carbocycles. The molecule has 48 valence electrons. The molecule has 0 unspecified atom stereocenters. The Balaban J connectivity index is 3.24. The zero-order valence-electron chi connectivity index (χ0n) is 5.01. The maximum absolute atomic E-state index is 10.1. The summed E-state index contributed by atoms with van der Waals surface area (Å²) in [7, 11) is 1.57. The summed E-state index contributed by atoms with van der Waals surface area (Å²) in [5.74, 6) is -0.179. The fourth-order valence-corrected chi connectivity index (χ4v) is 0.304.